The molecule has 2 atom stereocenters. The van der Waals surface area contributed by atoms with E-state index in [2.05, 4.69) is 26.3 Å². The number of rotatable bonds is 2. The number of nitrogens with zero attached hydrogens (tertiary/aromatic N) is 2. The van der Waals surface area contributed by atoms with Crippen molar-refractivity contribution in [2.75, 3.05) is 5.32 Å². The molecule has 1 heterocycles. The van der Waals surface area contributed by atoms with Crippen LogP contribution in [0.1, 0.15) is 6.42 Å². The van der Waals surface area contributed by atoms with Crippen LogP contribution in [0.3, 0.4) is 0 Å². The molecule has 6 heteroatoms. The van der Waals surface area contributed by atoms with Gasteiger partial charge in [-0.1, -0.05) is 0 Å². The zero-order valence-corrected chi connectivity index (χ0v) is 9.28. The van der Waals surface area contributed by atoms with Crippen LogP contribution in [0.4, 0.5) is 5.69 Å². The Kier molecular flexibility index (Phi) is 2.32. The number of aryl methyl sites for hydroxylation is 1. The molecule has 0 aromatic carbocycles. The molecule has 2 rings (SSSR count). The first-order chi connectivity index (χ1) is 6.59. The molecule has 3 N–H and O–H groups in total. The van der Waals surface area contributed by atoms with E-state index < -0.39 is 0 Å². The van der Waals surface area contributed by atoms with Gasteiger partial charge in [0.1, 0.15) is 4.47 Å². The maximum atomic E-state index is 11.5. The third-order valence-corrected chi connectivity index (χ3v) is 3.03. The summed E-state index contributed by atoms with van der Waals surface area (Å²) in [7, 11) is 1.61. The molecule has 1 saturated carbocycles. The second kappa shape index (κ2) is 3.36. The molecule has 1 fully saturated rings. The van der Waals surface area contributed by atoms with E-state index >= 15 is 0 Å². The average molecular weight is 259 g/mol. The van der Waals surface area contributed by atoms with Crippen LogP contribution >= 0.6 is 15.9 Å². The van der Waals surface area contributed by atoms with Crippen LogP contribution in [0.2, 0.25) is 0 Å². The predicted molar refractivity (Wildman–Crippen MR) is 57.2 cm³/mol. The minimum Gasteiger partial charge on any atom is -0.378 e. The van der Waals surface area contributed by atoms with E-state index in [1.165, 1.54) is 4.68 Å². The summed E-state index contributed by atoms with van der Waals surface area (Å²) in [5, 5.41) is 7.07. The van der Waals surface area contributed by atoms with Crippen molar-refractivity contribution in [1.82, 2.24) is 9.78 Å². The lowest BCUT2D eigenvalue weighted by Crippen LogP contribution is -2.22. The van der Waals surface area contributed by atoms with Gasteiger partial charge in [-0.05, 0) is 22.4 Å². The highest BCUT2D eigenvalue weighted by Crippen LogP contribution is 2.26. The molecule has 5 nitrogen and oxygen atoms in total. The van der Waals surface area contributed by atoms with Gasteiger partial charge in [-0.25, -0.2) is 4.68 Å². The van der Waals surface area contributed by atoms with Crippen molar-refractivity contribution in [1.29, 1.82) is 0 Å². The Balaban J connectivity index is 2.26. The molecule has 2 unspecified atom stereocenters. The lowest BCUT2D eigenvalue weighted by atomic mass is 10.4. The van der Waals surface area contributed by atoms with Crippen molar-refractivity contribution in [2.24, 2.45) is 12.8 Å². The third kappa shape index (κ3) is 1.67. The van der Waals surface area contributed by atoms with E-state index in [9.17, 15) is 4.79 Å². The molecule has 0 bridgehead atoms. The van der Waals surface area contributed by atoms with Crippen LogP contribution in [0.15, 0.2) is 15.5 Å². The maximum absolute atomic E-state index is 11.5. The van der Waals surface area contributed by atoms with Crippen molar-refractivity contribution in [3.63, 3.8) is 0 Å². The molecule has 0 spiro atoms. The molecule has 1 aliphatic rings. The summed E-state index contributed by atoms with van der Waals surface area (Å²) in [6, 6.07) is 0.478. The summed E-state index contributed by atoms with van der Waals surface area (Å²) >= 11 is 3.23. The highest BCUT2D eigenvalue weighted by molar-refractivity contribution is 9.10. The average Bonchev–Trinajstić information content (AvgIpc) is 2.83. The fourth-order valence-electron chi connectivity index (χ4n) is 1.19. The van der Waals surface area contributed by atoms with Crippen LogP contribution in [0.5, 0.6) is 0 Å². The van der Waals surface area contributed by atoms with E-state index in [1.54, 1.807) is 13.2 Å². The first-order valence-electron chi connectivity index (χ1n) is 4.33. The molecule has 76 valence electrons. The SMILES string of the molecule is Cn1ncc(NC2CC2N)c(Br)c1=O. The van der Waals surface area contributed by atoms with Gasteiger partial charge in [0.25, 0.3) is 5.56 Å². The van der Waals surface area contributed by atoms with Gasteiger partial charge in [-0.3, -0.25) is 4.79 Å². The standard InChI is InChI=1S/C8H11BrN4O/c1-13-8(14)7(9)6(3-11-13)12-5-2-4(5)10/h3-5,12H,2,10H2,1H3. The number of aromatic nitrogens is 2. The van der Waals surface area contributed by atoms with Crippen molar-refractivity contribution >= 4 is 21.6 Å². The Labute approximate surface area is 89.4 Å². The van der Waals surface area contributed by atoms with Gasteiger partial charge in [-0.2, -0.15) is 5.10 Å². The summed E-state index contributed by atoms with van der Waals surface area (Å²) in [5.41, 5.74) is 6.22. The minimum atomic E-state index is -0.149. The monoisotopic (exact) mass is 258 g/mol. The van der Waals surface area contributed by atoms with E-state index in [4.69, 9.17) is 5.73 Å². The highest BCUT2D eigenvalue weighted by Gasteiger charge is 2.33. The lowest BCUT2D eigenvalue weighted by molar-refractivity contribution is 0.703. The predicted octanol–water partition coefficient (Wildman–Crippen LogP) is 0.0543. The number of anilines is 1. The second-order valence-electron chi connectivity index (χ2n) is 3.45. The Morgan fingerprint density at radius 2 is 2.43 bits per heavy atom. The van der Waals surface area contributed by atoms with Gasteiger partial charge in [0, 0.05) is 19.1 Å². The number of nitrogens with one attached hydrogen (secondary N) is 1. The Morgan fingerprint density at radius 3 is 3.00 bits per heavy atom. The highest BCUT2D eigenvalue weighted by atomic mass is 79.9. The van der Waals surface area contributed by atoms with E-state index in [0.717, 1.165) is 6.42 Å². The fraction of sp³-hybridized carbons (Fsp3) is 0.500. The van der Waals surface area contributed by atoms with Crippen LogP contribution in [0.25, 0.3) is 0 Å². The Morgan fingerprint density at radius 1 is 1.79 bits per heavy atom. The van der Waals surface area contributed by atoms with Gasteiger partial charge in [-0.15, -0.1) is 0 Å². The normalized spacial score (nSPS) is 24.8. The largest absolute Gasteiger partial charge is 0.378 e. The molecule has 0 amide bonds. The van der Waals surface area contributed by atoms with Crippen molar-refractivity contribution in [3.05, 3.63) is 21.0 Å². The smallest absolute Gasteiger partial charge is 0.282 e. The van der Waals surface area contributed by atoms with E-state index in [-0.39, 0.29) is 17.6 Å². The number of nitrogens with two attached hydrogens (primary N) is 1. The molecule has 0 radical (unpaired) electrons. The van der Waals surface area contributed by atoms with Gasteiger partial charge in [0.15, 0.2) is 0 Å². The number of halogens is 1. The summed E-state index contributed by atoms with van der Waals surface area (Å²) in [5.74, 6) is 0. The number of hydrogen-bond donors (Lipinski definition) is 2. The molecule has 0 saturated heterocycles. The molecular formula is C8H11BrN4O. The molecule has 14 heavy (non-hydrogen) atoms. The fourth-order valence-corrected chi connectivity index (χ4v) is 1.67. The Hall–Kier alpha value is -0.880. The van der Waals surface area contributed by atoms with Crippen molar-refractivity contribution in [3.8, 4) is 0 Å². The zero-order chi connectivity index (χ0) is 10.3. The van der Waals surface area contributed by atoms with Crippen LogP contribution in [-0.2, 0) is 7.05 Å². The molecular weight excluding hydrogens is 248 g/mol. The zero-order valence-electron chi connectivity index (χ0n) is 7.70. The van der Waals surface area contributed by atoms with Crippen LogP contribution in [-0.4, -0.2) is 21.9 Å². The van der Waals surface area contributed by atoms with Gasteiger partial charge < -0.3 is 11.1 Å². The summed E-state index contributed by atoms with van der Waals surface area (Å²) in [4.78, 5) is 11.5. The summed E-state index contributed by atoms with van der Waals surface area (Å²) < 4.78 is 1.79. The third-order valence-electron chi connectivity index (χ3n) is 2.26. The summed E-state index contributed by atoms with van der Waals surface area (Å²) in [6.07, 6.45) is 2.57. The van der Waals surface area contributed by atoms with Crippen molar-refractivity contribution in [2.45, 2.75) is 18.5 Å². The summed E-state index contributed by atoms with van der Waals surface area (Å²) in [6.45, 7) is 0. The van der Waals surface area contributed by atoms with E-state index in [1.807, 2.05) is 0 Å². The number of hydrogen-bond acceptors (Lipinski definition) is 4. The first kappa shape index (κ1) is 9.67. The Bertz CT molecular complexity index is 416. The second-order valence-corrected chi connectivity index (χ2v) is 4.24. The molecule has 0 aliphatic heterocycles. The molecule has 1 aromatic rings. The lowest BCUT2D eigenvalue weighted by Gasteiger charge is -2.07. The van der Waals surface area contributed by atoms with Gasteiger partial charge in [0.05, 0.1) is 11.9 Å². The van der Waals surface area contributed by atoms with Gasteiger partial charge in [0.2, 0.25) is 0 Å². The quantitative estimate of drug-likeness (QED) is 0.787. The van der Waals surface area contributed by atoms with Crippen molar-refractivity contribution < 1.29 is 0 Å². The maximum Gasteiger partial charge on any atom is 0.282 e. The molecule has 1 aromatic heterocycles. The minimum absolute atomic E-state index is 0.149. The van der Waals surface area contributed by atoms with Crippen LogP contribution in [0, 0.1) is 0 Å². The topological polar surface area (TPSA) is 72.9 Å². The van der Waals surface area contributed by atoms with Crippen LogP contribution < -0.4 is 16.6 Å². The first-order valence-corrected chi connectivity index (χ1v) is 5.13. The van der Waals surface area contributed by atoms with Gasteiger partial charge >= 0.3 is 0 Å². The molecule has 1 aliphatic carbocycles. The van der Waals surface area contributed by atoms with E-state index in [0.29, 0.717) is 10.2 Å².